The molecule has 0 fully saturated rings. The topological polar surface area (TPSA) is 64.6 Å². The number of ether oxygens (including phenoxy) is 2. The van der Waals surface area contributed by atoms with E-state index in [1.165, 1.54) is 11.3 Å². The van der Waals surface area contributed by atoms with E-state index < -0.39 is 5.97 Å². The first-order valence-corrected chi connectivity index (χ1v) is 10.5. The maximum Gasteiger partial charge on any atom is 0.341 e. The highest BCUT2D eigenvalue weighted by Crippen LogP contribution is 2.36. The fourth-order valence-electron chi connectivity index (χ4n) is 2.96. The average Bonchev–Trinajstić information content (AvgIpc) is 3.17. The summed E-state index contributed by atoms with van der Waals surface area (Å²) >= 11 is 1.28. The van der Waals surface area contributed by atoms with Crippen molar-refractivity contribution in [3.63, 3.8) is 0 Å². The molecule has 0 saturated carbocycles. The Bertz CT molecular complexity index is 1030. The quantitative estimate of drug-likeness (QED) is 0.374. The van der Waals surface area contributed by atoms with Gasteiger partial charge in [0.2, 0.25) is 0 Å². The van der Waals surface area contributed by atoms with Crippen LogP contribution in [-0.4, -0.2) is 25.1 Å². The summed E-state index contributed by atoms with van der Waals surface area (Å²) in [5, 5.41) is 5.08. The van der Waals surface area contributed by atoms with E-state index in [0.29, 0.717) is 22.7 Å². The van der Waals surface area contributed by atoms with Crippen LogP contribution in [0.2, 0.25) is 0 Å². The molecule has 0 saturated heterocycles. The van der Waals surface area contributed by atoms with Gasteiger partial charge in [0.1, 0.15) is 16.3 Å². The lowest BCUT2D eigenvalue weighted by Crippen LogP contribution is -2.21. The van der Waals surface area contributed by atoms with Crippen molar-refractivity contribution in [3.8, 4) is 16.9 Å². The number of carbonyl (C=O) groups excluding carboxylic acids is 2. The average molecular weight is 422 g/mol. The summed E-state index contributed by atoms with van der Waals surface area (Å²) in [6, 6.07) is 17.0. The van der Waals surface area contributed by atoms with Crippen LogP contribution in [0.3, 0.4) is 0 Å². The second-order valence-corrected chi connectivity index (χ2v) is 7.26. The molecule has 6 heteroatoms. The third-order valence-electron chi connectivity index (χ3n) is 4.30. The number of benzene rings is 2. The molecule has 1 aromatic heterocycles. The van der Waals surface area contributed by atoms with Gasteiger partial charge in [0.15, 0.2) is 6.61 Å². The smallest absolute Gasteiger partial charge is 0.341 e. The molecule has 154 valence electrons. The van der Waals surface area contributed by atoms with E-state index in [9.17, 15) is 9.59 Å². The summed E-state index contributed by atoms with van der Waals surface area (Å²) < 4.78 is 10.9. The Labute approximate surface area is 180 Å². The lowest BCUT2D eigenvalue weighted by atomic mass is 10.0. The van der Waals surface area contributed by atoms with Gasteiger partial charge in [-0.15, -0.1) is 17.9 Å². The number of anilines is 1. The third kappa shape index (κ3) is 5.15. The Kier molecular flexibility index (Phi) is 7.40. The fraction of sp³-hybridized carbons (Fsp3) is 0.167. The summed E-state index contributed by atoms with van der Waals surface area (Å²) in [4.78, 5) is 25.1. The summed E-state index contributed by atoms with van der Waals surface area (Å²) in [5.41, 5.74) is 2.92. The number of allylic oxidation sites excluding steroid dienone is 1. The minimum Gasteiger partial charge on any atom is -0.483 e. The zero-order valence-electron chi connectivity index (χ0n) is 16.7. The van der Waals surface area contributed by atoms with Gasteiger partial charge in [-0.1, -0.05) is 54.6 Å². The predicted octanol–water partition coefficient (Wildman–Crippen LogP) is 5.34. The molecule has 0 aliphatic rings. The van der Waals surface area contributed by atoms with Crippen molar-refractivity contribution in [2.45, 2.75) is 13.3 Å². The Hall–Kier alpha value is -3.38. The molecular weight excluding hydrogens is 398 g/mol. The van der Waals surface area contributed by atoms with Gasteiger partial charge in [0, 0.05) is 10.9 Å². The van der Waals surface area contributed by atoms with Gasteiger partial charge < -0.3 is 14.8 Å². The number of nitrogens with one attached hydrogen (secondary N) is 1. The molecule has 0 atom stereocenters. The summed E-state index contributed by atoms with van der Waals surface area (Å²) in [6.45, 7) is 5.57. The largest absolute Gasteiger partial charge is 0.483 e. The SMILES string of the molecule is C=CCc1ccccc1OCC(=O)Nc1scc(-c2ccccc2)c1C(=O)OCC. The molecule has 0 radical (unpaired) electrons. The molecule has 30 heavy (non-hydrogen) atoms. The van der Waals surface area contributed by atoms with E-state index in [1.54, 1.807) is 13.0 Å². The zero-order chi connectivity index (χ0) is 21.3. The standard InChI is InChI=1S/C24H23NO4S/c1-3-10-18-13-8-9-14-20(18)29-15-21(26)25-23-22(24(27)28-4-2)19(16-30-23)17-11-6-5-7-12-17/h3,5-9,11-14,16H,1,4,10,15H2,2H3,(H,25,26). The zero-order valence-corrected chi connectivity index (χ0v) is 17.5. The van der Waals surface area contributed by atoms with Gasteiger partial charge in [-0.3, -0.25) is 4.79 Å². The lowest BCUT2D eigenvalue weighted by molar-refractivity contribution is -0.118. The molecule has 0 aliphatic heterocycles. The van der Waals surface area contributed by atoms with Crippen LogP contribution in [0.15, 0.2) is 72.6 Å². The summed E-state index contributed by atoms with van der Waals surface area (Å²) in [5.74, 6) is -0.185. The van der Waals surface area contributed by atoms with E-state index in [1.807, 2.05) is 60.0 Å². The first-order valence-electron chi connectivity index (χ1n) is 9.59. The second kappa shape index (κ2) is 10.4. The van der Waals surface area contributed by atoms with E-state index in [2.05, 4.69) is 11.9 Å². The molecule has 5 nitrogen and oxygen atoms in total. The number of amides is 1. The van der Waals surface area contributed by atoms with Crippen molar-refractivity contribution >= 4 is 28.2 Å². The molecule has 0 spiro atoms. The fourth-order valence-corrected chi connectivity index (χ4v) is 3.93. The number of rotatable bonds is 9. The summed E-state index contributed by atoms with van der Waals surface area (Å²) in [6.07, 6.45) is 2.43. The van der Waals surface area contributed by atoms with E-state index in [0.717, 1.165) is 16.7 Å². The second-order valence-electron chi connectivity index (χ2n) is 6.38. The summed E-state index contributed by atoms with van der Waals surface area (Å²) in [7, 11) is 0. The highest BCUT2D eigenvalue weighted by molar-refractivity contribution is 7.15. The Morgan fingerprint density at radius 1 is 1.10 bits per heavy atom. The Balaban J connectivity index is 1.77. The monoisotopic (exact) mass is 421 g/mol. The molecule has 1 heterocycles. The molecule has 0 unspecified atom stereocenters. The van der Waals surface area contributed by atoms with Crippen LogP contribution in [-0.2, 0) is 16.0 Å². The Morgan fingerprint density at radius 2 is 1.83 bits per heavy atom. The van der Waals surface area contributed by atoms with Gasteiger partial charge in [0.25, 0.3) is 5.91 Å². The van der Waals surface area contributed by atoms with Crippen LogP contribution in [0.1, 0.15) is 22.8 Å². The molecule has 3 rings (SSSR count). The molecule has 1 N–H and O–H groups in total. The van der Waals surface area contributed by atoms with E-state index in [4.69, 9.17) is 9.47 Å². The van der Waals surface area contributed by atoms with Crippen LogP contribution in [0, 0.1) is 0 Å². The van der Waals surface area contributed by atoms with Crippen LogP contribution in [0.5, 0.6) is 5.75 Å². The predicted molar refractivity (Wildman–Crippen MR) is 120 cm³/mol. The molecule has 3 aromatic rings. The van der Waals surface area contributed by atoms with Gasteiger partial charge in [-0.05, 0) is 30.5 Å². The minimum atomic E-state index is -0.467. The third-order valence-corrected chi connectivity index (χ3v) is 5.20. The minimum absolute atomic E-state index is 0.172. The first kappa shape index (κ1) is 21.3. The van der Waals surface area contributed by atoms with Crippen LogP contribution in [0.25, 0.3) is 11.1 Å². The van der Waals surface area contributed by atoms with Crippen LogP contribution in [0.4, 0.5) is 5.00 Å². The molecule has 0 bridgehead atoms. The lowest BCUT2D eigenvalue weighted by Gasteiger charge is -2.11. The molecule has 2 aromatic carbocycles. The number of hydrogen-bond acceptors (Lipinski definition) is 5. The van der Waals surface area contributed by atoms with Gasteiger partial charge >= 0.3 is 5.97 Å². The molecular formula is C24H23NO4S. The highest BCUT2D eigenvalue weighted by Gasteiger charge is 2.22. The number of thiophene rings is 1. The van der Waals surface area contributed by atoms with Gasteiger partial charge in [-0.25, -0.2) is 4.79 Å². The molecule has 1 amide bonds. The van der Waals surface area contributed by atoms with Crippen molar-refractivity contribution < 1.29 is 19.1 Å². The van der Waals surface area contributed by atoms with Gasteiger partial charge in [-0.2, -0.15) is 0 Å². The normalized spacial score (nSPS) is 10.3. The number of carbonyl (C=O) groups is 2. The van der Waals surface area contributed by atoms with Crippen molar-refractivity contribution in [2.24, 2.45) is 0 Å². The van der Waals surface area contributed by atoms with Gasteiger partial charge in [0.05, 0.1) is 6.61 Å². The number of hydrogen-bond donors (Lipinski definition) is 1. The van der Waals surface area contributed by atoms with Crippen molar-refractivity contribution in [1.29, 1.82) is 0 Å². The maximum atomic E-state index is 12.6. The van der Waals surface area contributed by atoms with Crippen molar-refractivity contribution in [3.05, 3.63) is 83.8 Å². The van der Waals surface area contributed by atoms with Crippen molar-refractivity contribution in [1.82, 2.24) is 0 Å². The van der Waals surface area contributed by atoms with Crippen molar-refractivity contribution in [2.75, 3.05) is 18.5 Å². The Morgan fingerprint density at radius 3 is 2.57 bits per heavy atom. The number of para-hydroxylation sites is 1. The van der Waals surface area contributed by atoms with E-state index in [-0.39, 0.29) is 19.1 Å². The molecule has 0 aliphatic carbocycles. The van der Waals surface area contributed by atoms with E-state index >= 15 is 0 Å². The van der Waals surface area contributed by atoms with Crippen LogP contribution < -0.4 is 10.1 Å². The number of esters is 1. The van der Waals surface area contributed by atoms with Crippen LogP contribution >= 0.6 is 11.3 Å². The maximum absolute atomic E-state index is 12.6. The first-order chi connectivity index (χ1) is 14.6. The highest BCUT2D eigenvalue weighted by atomic mass is 32.1.